The summed E-state index contributed by atoms with van der Waals surface area (Å²) in [6.07, 6.45) is 2.84. The zero-order chi connectivity index (χ0) is 14.1. The third-order valence-electron chi connectivity index (χ3n) is 3.02. The van der Waals surface area contributed by atoms with E-state index in [-0.39, 0.29) is 16.4 Å². The molecule has 0 saturated heterocycles. The first kappa shape index (κ1) is 12.3. The van der Waals surface area contributed by atoms with Crippen LogP contribution in [0.4, 0.5) is 11.4 Å². The lowest BCUT2D eigenvalue weighted by atomic mass is 10.1. The van der Waals surface area contributed by atoms with Crippen molar-refractivity contribution in [1.29, 1.82) is 0 Å². The summed E-state index contributed by atoms with van der Waals surface area (Å²) >= 11 is 6.24. The summed E-state index contributed by atoms with van der Waals surface area (Å²) < 4.78 is 0. The van der Waals surface area contributed by atoms with Crippen molar-refractivity contribution < 1.29 is 9.59 Å². The van der Waals surface area contributed by atoms with Crippen LogP contribution in [0.3, 0.4) is 0 Å². The average molecular weight is 284 g/mol. The van der Waals surface area contributed by atoms with Gasteiger partial charge in [-0.25, -0.2) is 9.59 Å². The molecule has 1 N–H and O–H groups in total. The normalized spacial score (nSPS) is 10.2. The van der Waals surface area contributed by atoms with Gasteiger partial charge in [0.25, 0.3) is 0 Å². The van der Waals surface area contributed by atoms with E-state index in [0.717, 1.165) is 16.3 Å². The predicted octanol–water partition coefficient (Wildman–Crippen LogP) is 3.91. The lowest BCUT2D eigenvalue weighted by Gasteiger charge is -2.02. The fraction of sp³-hybridized carbons (Fsp3) is 0. The largest absolute Gasteiger partial charge is 0.353 e. The number of benzene rings is 2. The third-order valence-corrected chi connectivity index (χ3v) is 3.39. The minimum absolute atomic E-state index is 0.101. The summed E-state index contributed by atoms with van der Waals surface area (Å²) in [5, 5.41) is 1.95. The molecule has 0 amide bonds. The van der Waals surface area contributed by atoms with Crippen molar-refractivity contribution in [2.24, 2.45) is 9.98 Å². The molecule has 3 rings (SSSR count). The van der Waals surface area contributed by atoms with Crippen LogP contribution < -0.4 is 0 Å². The van der Waals surface area contributed by atoms with Crippen LogP contribution in [0.2, 0.25) is 5.02 Å². The van der Waals surface area contributed by atoms with E-state index in [4.69, 9.17) is 11.6 Å². The van der Waals surface area contributed by atoms with Gasteiger partial charge in [0.2, 0.25) is 12.2 Å². The maximum Gasteiger partial charge on any atom is 0.240 e. The van der Waals surface area contributed by atoms with Gasteiger partial charge in [-0.3, -0.25) is 0 Å². The summed E-state index contributed by atoms with van der Waals surface area (Å²) in [7, 11) is 0. The molecular formula is C14H6ClN3O2. The minimum Gasteiger partial charge on any atom is -0.353 e. The molecule has 0 radical (unpaired) electrons. The number of hydrogen-bond acceptors (Lipinski definition) is 4. The zero-order valence-corrected chi connectivity index (χ0v) is 10.7. The summed E-state index contributed by atoms with van der Waals surface area (Å²) in [6.45, 7) is 0. The van der Waals surface area contributed by atoms with E-state index in [0.29, 0.717) is 5.52 Å². The number of para-hydroxylation sites is 1. The van der Waals surface area contributed by atoms with E-state index >= 15 is 0 Å². The molecular weight excluding hydrogens is 278 g/mol. The van der Waals surface area contributed by atoms with Gasteiger partial charge in [-0.2, -0.15) is 9.98 Å². The maximum atomic E-state index is 10.5. The van der Waals surface area contributed by atoms with Crippen molar-refractivity contribution in [3.8, 4) is 0 Å². The van der Waals surface area contributed by atoms with Crippen LogP contribution in [-0.2, 0) is 9.59 Å². The quantitative estimate of drug-likeness (QED) is 0.572. The molecule has 0 aliphatic rings. The molecule has 0 fully saturated rings. The van der Waals surface area contributed by atoms with Gasteiger partial charge in [-0.15, -0.1) is 0 Å². The van der Waals surface area contributed by atoms with Crippen molar-refractivity contribution in [1.82, 2.24) is 4.98 Å². The molecule has 20 heavy (non-hydrogen) atoms. The fourth-order valence-electron chi connectivity index (χ4n) is 2.21. The Morgan fingerprint density at radius 1 is 1.05 bits per heavy atom. The summed E-state index contributed by atoms with van der Waals surface area (Å²) in [5.74, 6) is 0. The van der Waals surface area contributed by atoms with Crippen LogP contribution in [0.5, 0.6) is 0 Å². The lowest BCUT2D eigenvalue weighted by Crippen LogP contribution is -1.76. The highest BCUT2D eigenvalue weighted by atomic mass is 35.5. The van der Waals surface area contributed by atoms with E-state index in [1.165, 1.54) is 12.2 Å². The van der Waals surface area contributed by atoms with E-state index < -0.39 is 0 Å². The summed E-state index contributed by atoms with van der Waals surface area (Å²) in [5.41, 5.74) is 1.80. The Bertz CT molecular complexity index is 932. The minimum atomic E-state index is 0.101. The molecule has 0 aliphatic carbocycles. The fourth-order valence-corrected chi connectivity index (χ4v) is 2.50. The zero-order valence-electron chi connectivity index (χ0n) is 9.98. The van der Waals surface area contributed by atoms with E-state index in [9.17, 15) is 9.59 Å². The second-order valence-corrected chi connectivity index (χ2v) is 4.44. The average Bonchev–Trinajstić information content (AvgIpc) is 2.83. The van der Waals surface area contributed by atoms with Gasteiger partial charge < -0.3 is 4.98 Å². The van der Waals surface area contributed by atoms with Crippen LogP contribution in [0.1, 0.15) is 0 Å². The van der Waals surface area contributed by atoms with Crippen LogP contribution in [-0.4, -0.2) is 17.1 Å². The highest BCUT2D eigenvalue weighted by Gasteiger charge is 2.15. The Morgan fingerprint density at radius 3 is 2.55 bits per heavy atom. The molecule has 2 aromatic carbocycles. The Kier molecular flexibility index (Phi) is 2.93. The highest BCUT2D eigenvalue weighted by molar-refractivity contribution is 6.39. The van der Waals surface area contributed by atoms with E-state index in [2.05, 4.69) is 15.0 Å². The van der Waals surface area contributed by atoms with Gasteiger partial charge in [-0.05, 0) is 12.1 Å². The number of nitrogens with one attached hydrogen (secondary N) is 1. The molecule has 3 aromatic rings. The molecule has 0 unspecified atom stereocenters. The number of H-pyrrole nitrogens is 1. The Morgan fingerprint density at radius 2 is 1.80 bits per heavy atom. The van der Waals surface area contributed by atoms with Gasteiger partial charge in [0.05, 0.1) is 10.5 Å². The topological polar surface area (TPSA) is 74.7 Å². The second kappa shape index (κ2) is 4.76. The van der Waals surface area contributed by atoms with E-state index in [1.54, 1.807) is 6.07 Å². The number of hydrogen-bond donors (Lipinski definition) is 1. The first-order valence-corrected chi connectivity index (χ1v) is 6.02. The van der Waals surface area contributed by atoms with Crippen molar-refractivity contribution in [3.63, 3.8) is 0 Å². The first-order valence-electron chi connectivity index (χ1n) is 5.65. The molecule has 0 spiro atoms. The molecule has 5 nitrogen and oxygen atoms in total. The van der Waals surface area contributed by atoms with Crippen LogP contribution >= 0.6 is 11.6 Å². The molecule has 0 atom stereocenters. The number of halogens is 1. The van der Waals surface area contributed by atoms with Crippen molar-refractivity contribution >= 4 is 56.9 Å². The number of isocyanates is 2. The Hall–Kier alpha value is -2.71. The number of aromatic nitrogens is 1. The Balaban J connectivity index is 2.54. The molecule has 6 heteroatoms. The van der Waals surface area contributed by atoms with Gasteiger partial charge >= 0.3 is 0 Å². The van der Waals surface area contributed by atoms with E-state index in [1.807, 2.05) is 24.3 Å². The monoisotopic (exact) mass is 283 g/mol. The first-order chi connectivity index (χ1) is 9.76. The lowest BCUT2D eigenvalue weighted by molar-refractivity contribution is 0.564. The number of fused-ring (bicyclic) bond motifs is 3. The third kappa shape index (κ3) is 1.75. The number of rotatable bonds is 2. The van der Waals surface area contributed by atoms with Crippen LogP contribution in [0.25, 0.3) is 21.8 Å². The van der Waals surface area contributed by atoms with Gasteiger partial charge in [-0.1, -0.05) is 29.8 Å². The molecule has 96 valence electrons. The van der Waals surface area contributed by atoms with Gasteiger partial charge in [0, 0.05) is 16.3 Å². The SMILES string of the molecule is O=C=Nc1cc2c([nH]c3ccccc32)c(Cl)c1N=C=O. The predicted molar refractivity (Wildman–Crippen MR) is 76.4 cm³/mol. The Labute approximate surface area is 117 Å². The summed E-state index contributed by atoms with van der Waals surface area (Å²) in [6, 6.07) is 9.24. The molecule has 1 heterocycles. The number of aliphatic imine (C=N–C) groups is 2. The molecule has 0 aliphatic heterocycles. The smallest absolute Gasteiger partial charge is 0.240 e. The summed E-state index contributed by atoms with van der Waals surface area (Å²) in [4.78, 5) is 31.2. The number of aromatic amines is 1. The van der Waals surface area contributed by atoms with Crippen molar-refractivity contribution in [2.45, 2.75) is 0 Å². The standard InChI is InChI=1S/C14H6ClN3O2/c15-12-13-9(8-3-1-2-4-10(8)18-13)5-11(16-6-19)14(12)17-7-20/h1-5,18H. The van der Waals surface area contributed by atoms with Crippen molar-refractivity contribution in [2.75, 3.05) is 0 Å². The maximum absolute atomic E-state index is 10.5. The highest BCUT2D eigenvalue weighted by Crippen LogP contribution is 2.42. The second-order valence-electron chi connectivity index (χ2n) is 4.06. The van der Waals surface area contributed by atoms with Crippen molar-refractivity contribution in [3.05, 3.63) is 35.4 Å². The van der Waals surface area contributed by atoms with Gasteiger partial charge in [0.1, 0.15) is 11.4 Å². The molecule has 0 bridgehead atoms. The number of carbonyl (C=O) groups excluding carboxylic acids is 2. The molecule has 0 saturated carbocycles. The van der Waals surface area contributed by atoms with Gasteiger partial charge in [0.15, 0.2) is 0 Å². The number of nitrogens with zero attached hydrogens (tertiary/aromatic N) is 2. The van der Waals surface area contributed by atoms with Crippen LogP contribution in [0.15, 0.2) is 40.3 Å². The molecule has 1 aromatic heterocycles. The van der Waals surface area contributed by atoms with Crippen LogP contribution in [0, 0.1) is 0 Å².